The van der Waals surface area contributed by atoms with Crippen LogP contribution < -0.4 is 9.64 Å². The topological polar surface area (TPSA) is 62.2 Å². The van der Waals surface area contributed by atoms with Crippen LogP contribution in [0.1, 0.15) is 12.8 Å². The first-order valence-corrected chi connectivity index (χ1v) is 11.6. The van der Waals surface area contributed by atoms with Gasteiger partial charge in [0.2, 0.25) is 0 Å². The number of piperazine rings is 1. The van der Waals surface area contributed by atoms with E-state index in [0.717, 1.165) is 44.0 Å². The van der Waals surface area contributed by atoms with Gasteiger partial charge >= 0.3 is 5.97 Å². The number of aliphatic hydroxyl groups excluding tert-OH is 1. The molecule has 2 aliphatic heterocycles. The molecular weight excluding hydrogens is 412 g/mol. The summed E-state index contributed by atoms with van der Waals surface area (Å²) in [7, 11) is 1.39. The minimum atomic E-state index is -1.06. The van der Waals surface area contributed by atoms with E-state index in [4.69, 9.17) is 9.47 Å². The highest BCUT2D eigenvalue weighted by molar-refractivity contribution is 8.01. The minimum absolute atomic E-state index is 0.0782. The van der Waals surface area contributed by atoms with Crippen LogP contribution in [0.3, 0.4) is 0 Å². The van der Waals surface area contributed by atoms with Crippen LogP contribution in [0.4, 0.5) is 5.69 Å². The van der Waals surface area contributed by atoms with Crippen LogP contribution in [0.25, 0.3) is 0 Å². The van der Waals surface area contributed by atoms with Gasteiger partial charge in [0.1, 0.15) is 23.2 Å². The summed E-state index contributed by atoms with van der Waals surface area (Å²) in [4.78, 5) is 18.6. The number of carbonyl (C=O) groups excluding carboxylic acids is 1. The highest BCUT2D eigenvalue weighted by atomic mass is 32.2. The molecule has 0 amide bonds. The number of rotatable bonds is 6. The van der Waals surface area contributed by atoms with E-state index in [9.17, 15) is 9.90 Å². The van der Waals surface area contributed by atoms with Crippen molar-refractivity contribution in [1.29, 1.82) is 0 Å². The lowest BCUT2D eigenvalue weighted by Crippen LogP contribution is -2.50. The highest BCUT2D eigenvalue weighted by Gasteiger charge is 2.49. The number of para-hydroxylation sites is 2. The molecule has 0 saturated carbocycles. The fourth-order valence-corrected chi connectivity index (χ4v) is 5.71. The monoisotopic (exact) mass is 442 g/mol. The van der Waals surface area contributed by atoms with Crippen molar-refractivity contribution in [3.63, 3.8) is 0 Å². The summed E-state index contributed by atoms with van der Waals surface area (Å²) in [5.74, 6) is 0.313. The summed E-state index contributed by atoms with van der Waals surface area (Å²) in [5.41, 5.74) is 1.27. The fourth-order valence-electron chi connectivity index (χ4n) is 4.33. The van der Waals surface area contributed by atoms with Crippen LogP contribution in [-0.4, -0.2) is 73.3 Å². The third kappa shape index (κ3) is 4.84. The Morgan fingerprint density at radius 3 is 2.58 bits per heavy atom. The van der Waals surface area contributed by atoms with E-state index in [-0.39, 0.29) is 12.6 Å². The Hall–Kier alpha value is -2.22. The lowest BCUT2D eigenvalue weighted by Gasteiger charge is -2.37. The van der Waals surface area contributed by atoms with Crippen LogP contribution in [0, 0.1) is 0 Å². The average Bonchev–Trinajstić information content (AvgIpc) is 2.97. The van der Waals surface area contributed by atoms with Gasteiger partial charge in [-0.15, -0.1) is 11.8 Å². The van der Waals surface area contributed by atoms with E-state index in [2.05, 4.69) is 34.1 Å². The van der Waals surface area contributed by atoms with Crippen molar-refractivity contribution in [3.8, 4) is 5.75 Å². The van der Waals surface area contributed by atoms with Gasteiger partial charge in [0.15, 0.2) is 0 Å². The standard InChI is InChI=1S/C24H30N2O4S/c1-29-23(28)24(22(27)18-30-20-10-5-6-11-21(20)31-24)12-7-13-25-14-16-26(17-15-25)19-8-3-2-4-9-19/h2-6,8-11,22,27H,7,12-18H2,1H3/t22-,24+/m0/s1. The molecule has 0 bridgehead atoms. The van der Waals surface area contributed by atoms with Gasteiger partial charge in [0.25, 0.3) is 0 Å². The zero-order valence-electron chi connectivity index (χ0n) is 17.9. The molecule has 1 N–H and O–H groups in total. The Bertz CT molecular complexity index is 873. The second kappa shape index (κ2) is 9.94. The second-order valence-electron chi connectivity index (χ2n) is 8.02. The Kier molecular flexibility index (Phi) is 7.05. The van der Waals surface area contributed by atoms with E-state index < -0.39 is 10.9 Å². The normalized spacial score (nSPS) is 24.1. The molecule has 4 rings (SSSR count). The van der Waals surface area contributed by atoms with Gasteiger partial charge in [0.05, 0.1) is 12.0 Å². The van der Waals surface area contributed by atoms with Crippen molar-refractivity contribution < 1.29 is 19.4 Å². The lowest BCUT2D eigenvalue weighted by atomic mass is 9.95. The number of aliphatic hydroxyl groups is 1. The van der Waals surface area contributed by atoms with Crippen molar-refractivity contribution in [3.05, 3.63) is 54.6 Å². The van der Waals surface area contributed by atoms with Crippen molar-refractivity contribution >= 4 is 23.4 Å². The number of methoxy groups -OCH3 is 1. The number of carbonyl (C=O) groups is 1. The summed E-state index contributed by atoms with van der Waals surface area (Å²) in [6.45, 7) is 4.92. The molecule has 31 heavy (non-hydrogen) atoms. The van der Waals surface area contributed by atoms with E-state index >= 15 is 0 Å². The molecule has 0 aliphatic carbocycles. The molecule has 2 aromatic carbocycles. The van der Waals surface area contributed by atoms with Gasteiger partial charge in [0, 0.05) is 31.9 Å². The van der Waals surface area contributed by atoms with E-state index in [1.54, 1.807) is 0 Å². The van der Waals surface area contributed by atoms with Crippen LogP contribution >= 0.6 is 11.8 Å². The number of hydrogen-bond donors (Lipinski definition) is 1. The number of nitrogens with zero attached hydrogens (tertiary/aromatic N) is 2. The molecule has 1 fully saturated rings. The lowest BCUT2D eigenvalue weighted by molar-refractivity contribution is -0.147. The first kappa shape index (κ1) is 22.0. The van der Waals surface area contributed by atoms with Crippen LogP contribution in [0.2, 0.25) is 0 Å². The Morgan fingerprint density at radius 2 is 1.84 bits per heavy atom. The quantitative estimate of drug-likeness (QED) is 0.690. The average molecular weight is 443 g/mol. The predicted octanol–water partition coefficient (Wildman–Crippen LogP) is 3.05. The summed E-state index contributed by atoms with van der Waals surface area (Å²) < 4.78 is 9.85. The Balaban J connectivity index is 1.38. The van der Waals surface area contributed by atoms with Crippen LogP contribution in [-0.2, 0) is 9.53 Å². The molecule has 2 atom stereocenters. The number of thioether (sulfide) groups is 1. The number of fused-ring (bicyclic) bond motifs is 1. The number of ether oxygens (including phenoxy) is 2. The van der Waals surface area contributed by atoms with Crippen molar-refractivity contribution in [1.82, 2.24) is 4.90 Å². The van der Waals surface area contributed by atoms with Gasteiger partial charge in [-0.1, -0.05) is 30.3 Å². The second-order valence-corrected chi connectivity index (χ2v) is 9.40. The van der Waals surface area contributed by atoms with E-state index in [1.807, 2.05) is 30.3 Å². The summed E-state index contributed by atoms with van der Waals surface area (Å²) in [6, 6.07) is 18.1. The summed E-state index contributed by atoms with van der Waals surface area (Å²) in [5, 5.41) is 10.9. The largest absolute Gasteiger partial charge is 0.490 e. The summed E-state index contributed by atoms with van der Waals surface area (Å²) >= 11 is 1.37. The zero-order valence-corrected chi connectivity index (χ0v) is 18.7. The first-order chi connectivity index (χ1) is 15.1. The van der Waals surface area contributed by atoms with Gasteiger partial charge in [-0.2, -0.15) is 0 Å². The van der Waals surface area contributed by atoms with Crippen LogP contribution in [0.5, 0.6) is 5.75 Å². The number of anilines is 1. The molecule has 1 saturated heterocycles. The molecule has 0 unspecified atom stereocenters. The number of benzene rings is 2. The molecule has 166 valence electrons. The molecule has 2 aromatic rings. The molecule has 6 nitrogen and oxygen atoms in total. The smallest absolute Gasteiger partial charge is 0.325 e. The van der Waals surface area contributed by atoms with Gasteiger partial charge in [-0.05, 0) is 43.7 Å². The maximum Gasteiger partial charge on any atom is 0.325 e. The molecule has 2 heterocycles. The van der Waals surface area contributed by atoms with Gasteiger partial charge in [-0.25, -0.2) is 0 Å². The predicted molar refractivity (Wildman–Crippen MR) is 123 cm³/mol. The highest BCUT2D eigenvalue weighted by Crippen LogP contribution is 2.46. The minimum Gasteiger partial charge on any atom is -0.490 e. The molecule has 7 heteroatoms. The van der Waals surface area contributed by atoms with Crippen molar-refractivity contribution in [2.45, 2.75) is 28.6 Å². The summed E-state index contributed by atoms with van der Waals surface area (Å²) in [6.07, 6.45) is 0.390. The third-order valence-electron chi connectivity index (χ3n) is 6.12. The van der Waals surface area contributed by atoms with Gasteiger partial charge < -0.3 is 19.5 Å². The van der Waals surface area contributed by atoms with Crippen LogP contribution in [0.15, 0.2) is 59.5 Å². The maximum absolute atomic E-state index is 12.9. The molecule has 0 spiro atoms. The number of esters is 1. The van der Waals surface area contributed by atoms with E-state index in [1.165, 1.54) is 24.6 Å². The third-order valence-corrected chi connectivity index (χ3v) is 7.69. The maximum atomic E-state index is 12.9. The molecule has 2 aliphatic rings. The SMILES string of the molecule is COC(=O)[C@]1(CCCN2CCN(c3ccccc3)CC2)Sc2ccccc2OC[C@@H]1O. The Morgan fingerprint density at radius 1 is 1.13 bits per heavy atom. The molecule has 0 aromatic heterocycles. The molecular formula is C24H30N2O4S. The zero-order chi connectivity index (χ0) is 21.7. The van der Waals surface area contributed by atoms with Gasteiger partial charge in [-0.3, -0.25) is 9.69 Å². The number of hydrogen-bond acceptors (Lipinski definition) is 7. The molecule has 0 radical (unpaired) electrons. The fraction of sp³-hybridized carbons (Fsp3) is 0.458. The van der Waals surface area contributed by atoms with E-state index in [0.29, 0.717) is 12.2 Å². The Labute approximate surface area is 188 Å². The first-order valence-electron chi connectivity index (χ1n) is 10.8. The van der Waals surface area contributed by atoms with Crippen molar-refractivity contribution in [2.24, 2.45) is 0 Å². The van der Waals surface area contributed by atoms with Crippen molar-refractivity contribution in [2.75, 3.05) is 51.3 Å².